The molecule has 0 unspecified atom stereocenters. The Morgan fingerprint density at radius 2 is 1.62 bits per heavy atom. The standard InChI is InChI=1S/C22H30F2/c1-2-3-15-4-6-16(7-5-15)18-11-22(12-18)13-19(14-22)17-8-9-20(23)21(24)10-17/h8-10,15-16,18-19H,2-7,11-14H2,1H3. The van der Waals surface area contributed by atoms with E-state index < -0.39 is 11.6 Å². The number of rotatable bonds is 4. The molecule has 0 saturated heterocycles. The van der Waals surface area contributed by atoms with Crippen LogP contribution in [-0.2, 0) is 0 Å². The smallest absolute Gasteiger partial charge is 0.159 e. The van der Waals surface area contributed by atoms with E-state index in [-0.39, 0.29) is 0 Å². The molecule has 3 aliphatic carbocycles. The van der Waals surface area contributed by atoms with E-state index in [1.54, 1.807) is 6.07 Å². The molecule has 4 rings (SSSR count). The average Bonchev–Trinajstić information content (AvgIpc) is 2.50. The number of benzene rings is 1. The first-order valence-corrected chi connectivity index (χ1v) is 10.0. The van der Waals surface area contributed by atoms with Gasteiger partial charge in [0.15, 0.2) is 11.6 Å². The first-order chi connectivity index (χ1) is 11.6. The molecular weight excluding hydrogens is 302 g/mol. The topological polar surface area (TPSA) is 0 Å². The van der Waals surface area contributed by atoms with E-state index >= 15 is 0 Å². The summed E-state index contributed by atoms with van der Waals surface area (Å²) in [5.41, 5.74) is 1.56. The van der Waals surface area contributed by atoms with Gasteiger partial charge in [0.2, 0.25) is 0 Å². The summed E-state index contributed by atoms with van der Waals surface area (Å²) >= 11 is 0. The van der Waals surface area contributed by atoms with Gasteiger partial charge < -0.3 is 0 Å². The first-order valence-electron chi connectivity index (χ1n) is 10.0. The van der Waals surface area contributed by atoms with Crippen LogP contribution < -0.4 is 0 Å². The zero-order valence-corrected chi connectivity index (χ0v) is 14.9. The van der Waals surface area contributed by atoms with Crippen LogP contribution in [0.25, 0.3) is 0 Å². The van der Waals surface area contributed by atoms with Crippen molar-refractivity contribution in [2.45, 2.75) is 77.0 Å². The lowest BCUT2D eigenvalue weighted by molar-refractivity contribution is -0.0726. The highest BCUT2D eigenvalue weighted by Gasteiger charge is 2.54. The maximum absolute atomic E-state index is 13.4. The fourth-order valence-corrected chi connectivity index (χ4v) is 6.06. The van der Waals surface area contributed by atoms with Crippen molar-refractivity contribution < 1.29 is 8.78 Å². The Morgan fingerprint density at radius 3 is 2.25 bits per heavy atom. The minimum absolute atomic E-state index is 0.460. The molecule has 0 nitrogen and oxygen atoms in total. The van der Waals surface area contributed by atoms with Gasteiger partial charge in [-0.2, -0.15) is 0 Å². The van der Waals surface area contributed by atoms with Gasteiger partial charge in [-0.1, -0.05) is 38.7 Å². The van der Waals surface area contributed by atoms with Gasteiger partial charge >= 0.3 is 0 Å². The predicted octanol–water partition coefficient (Wildman–Crippen LogP) is 6.85. The van der Waals surface area contributed by atoms with Gasteiger partial charge in [-0.3, -0.25) is 0 Å². The van der Waals surface area contributed by atoms with Crippen molar-refractivity contribution >= 4 is 0 Å². The van der Waals surface area contributed by atoms with Gasteiger partial charge in [-0.05, 0) is 85.3 Å². The Balaban J connectivity index is 1.25. The zero-order valence-electron chi connectivity index (χ0n) is 14.9. The number of halogens is 2. The van der Waals surface area contributed by atoms with Gasteiger partial charge in [-0.25, -0.2) is 8.78 Å². The van der Waals surface area contributed by atoms with Crippen LogP contribution in [-0.4, -0.2) is 0 Å². The van der Waals surface area contributed by atoms with Gasteiger partial charge in [0.25, 0.3) is 0 Å². The Hall–Kier alpha value is -0.920. The summed E-state index contributed by atoms with van der Waals surface area (Å²) in [7, 11) is 0. The molecule has 0 N–H and O–H groups in total. The molecule has 132 valence electrons. The zero-order chi connectivity index (χ0) is 16.7. The molecule has 1 aromatic rings. The van der Waals surface area contributed by atoms with Crippen LogP contribution in [0.5, 0.6) is 0 Å². The van der Waals surface area contributed by atoms with Crippen molar-refractivity contribution in [3.63, 3.8) is 0 Å². The molecule has 0 bridgehead atoms. The summed E-state index contributed by atoms with van der Waals surface area (Å²) in [4.78, 5) is 0. The molecule has 1 spiro atoms. The van der Waals surface area contributed by atoms with Crippen LogP contribution in [0.4, 0.5) is 8.78 Å². The highest BCUT2D eigenvalue weighted by atomic mass is 19.2. The predicted molar refractivity (Wildman–Crippen MR) is 93.8 cm³/mol. The molecule has 0 aliphatic heterocycles. The summed E-state index contributed by atoms with van der Waals surface area (Å²) in [6, 6.07) is 4.48. The van der Waals surface area contributed by atoms with Crippen LogP contribution in [0.2, 0.25) is 0 Å². The van der Waals surface area contributed by atoms with Crippen LogP contribution >= 0.6 is 0 Å². The monoisotopic (exact) mass is 332 g/mol. The van der Waals surface area contributed by atoms with E-state index in [0.717, 1.165) is 23.3 Å². The Morgan fingerprint density at radius 1 is 0.917 bits per heavy atom. The van der Waals surface area contributed by atoms with E-state index in [2.05, 4.69) is 6.92 Å². The average molecular weight is 332 g/mol. The molecule has 1 aromatic carbocycles. The molecule has 2 heteroatoms. The summed E-state index contributed by atoms with van der Waals surface area (Å²) in [5.74, 6) is 1.98. The maximum atomic E-state index is 13.4. The second-order valence-electron chi connectivity index (χ2n) is 9.02. The van der Waals surface area contributed by atoms with Gasteiger partial charge in [0.05, 0.1) is 0 Å². The Labute approximate surface area is 145 Å². The minimum atomic E-state index is -0.727. The lowest BCUT2D eigenvalue weighted by Gasteiger charge is -2.60. The van der Waals surface area contributed by atoms with Crippen LogP contribution in [0.3, 0.4) is 0 Å². The lowest BCUT2D eigenvalue weighted by atomic mass is 9.45. The van der Waals surface area contributed by atoms with E-state index in [0.29, 0.717) is 11.3 Å². The van der Waals surface area contributed by atoms with Crippen molar-refractivity contribution in [2.24, 2.45) is 23.2 Å². The second kappa shape index (κ2) is 6.42. The number of hydrogen-bond acceptors (Lipinski definition) is 0. The largest absolute Gasteiger partial charge is 0.204 e. The maximum Gasteiger partial charge on any atom is 0.159 e. The summed E-state index contributed by atoms with van der Waals surface area (Å²) in [6.45, 7) is 2.31. The Bertz CT molecular complexity index is 572. The third-order valence-electron chi connectivity index (χ3n) is 7.42. The molecule has 0 amide bonds. The van der Waals surface area contributed by atoms with Crippen molar-refractivity contribution in [3.05, 3.63) is 35.4 Å². The minimum Gasteiger partial charge on any atom is -0.204 e. The molecule has 3 fully saturated rings. The quantitative estimate of drug-likeness (QED) is 0.566. The van der Waals surface area contributed by atoms with E-state index in [1.807, 2.05) is 0 Å². The number of hydrogen-bond donors (Lipinski definition) is 0. The van der Waals surface area contributed by atoms with Gasteiger partial charge in [0, 0.05) is 0 Å². The summed E-state index contributed by atoms with van der Waals surface area (Å²) in [6.07, 6.45) is 13.8. The Kier molecular flexibility index (Phi) is 4.43. The highest BCUT2D eigenvalue weighted by Crippen LogP contribution is 2.66. The van der Waals surface area contributed by atoms with Gasteiger partial charge in [0.1, 0.15) is 0 Å². The van der Waals surface area contributed by atoms with Crippen LogP contribution in [0.15, 0.2) is 18.2 Å². The van der Waals surface area contributed by atoms with E-state index in [4.69, 9.17) is 0 Å². The third-order valence-corrected chi connectivity index (χ3v) is 7.42. The molecule has 0 aromatic heterocycles. The SMILES string of the molecule is CCCC1CCC(C2CC3(CC(c4ccc(F)c(F)c4)C3)C2)CC1. The highest BCUT2D eigenvalue weighted by molar-refractivity contribution is 5.26. The molecule has 0 atom stereocenters. The van der Waals surface area contributed by atoms with Crippen LogP contribution in [0, 0.1) is 34.8 Å². The van der Waals surface area contributed by atoms with Crippen LogP contribution in [0.1, 0.15) is 82.6 Å². The van der Waals surface area contributed by atoms with Crippen molar-refractivity contribution in [1.82, 2.24) is 0 Å². The normalized spacial score (nSPS) is 38.6. The van der Waals surface area contributed by atoms with Crippen molar-refractivity contribution in [3.8, 4) is 0 Å². The molecule has 24 heavy (non-hydrogen) atoms. The van der Waals surface area contributed by atoms with E-state index in [1.165, 1.54) is 76.3 Å². The van der Waals surface area contributed by atoms with E-state index in [9.17, 15) is 8.78 Å². The first kappa shape index (κ1) is 16.5. The molecule has 0 heterocycles. The molecule has 0 radical (unpaired) electrons. The fourth-order valence-electron chi connectivity index (χ4n) is 6.06. The molecular formula is C22H30F2. The third kappa shape index (κ3) is 3.02. The second-order valence-corrected chi connectivity index (χ2v) is 9.02. The van der Waals surface area contributed by atoms with Gasteiger partial charge in [-0.15, -0.1) is 0 Å². The fraction of sp³-hybridized carbons (Fsp3) is 0.727. The summed E-state index contributed by atoms with van der Waals surface area (Å²) < 4.78 is 26.5. The summed E-state index contributed by atoms with van der Waals surface area (Å²) in [5, 5.41) is 0. The van der Waals surface area contributed by atoms with Crippen molar-refractivity contribution in [2.75, 3.05) is 0 Å². The molecule has 3 saturated carbocycles. The lowest BCUT2D eigenvalue weighted by Crippen LogP contribution is -2.49. The molecule has 3 aliphatic rings. The van der Waals surface area contributed by atoms with Crippen molar-refractivity contribution in [1.29, 1.82) is 0 Å².